The van der Waals surface area contributed by atoms with Crippen LogP contribution in [0.4, 0.5) is 0 Å². The summed E-state index contributed by atoms with van der Waals surface area (Å²) in [5.74, 6) is 1.60. The molecule has 1 aromatic rings. The second-order valence-corrected chi connectivity index (χ2v) is 5.96. The zero-order chi connectivity index (χ0) is 12.8. The van der Waals surface area contributed by atoms with E-state index in [9.17, 15) is 0 Å². The van der Waals surface area contributed by atoms with Gasteiger partial charge in [0.15, 0.2) is 0 Å². The first-order valence-corrected chi connectivity index (χ1v) is 7.59. The van der Waals surface area contributed by atoms with Crippen molar-refractivity contribution >= 4 is 15.9 Å². The van der Waals surface area contributed by atoms with Crippen LogP contribution in [0.1, 0.15) is 37.2 Å². The Kier molecular flexibility index (Phi) is 5.51. The Bertz CT molecular complexity index is 367. The zero-order valence-corrected chi connectivity index (χ0v) is 12.5. The van der Waals surface area contributed by atoms with Gasteiger partial charge < -0.3 is 9.47 Å². The van der Waals surface area contributed by atoms with E-state index in [0.29, 0.717) is 24.0 Å². The minimum Gasteiger partial charge on any atom is -0.491 e. The smallest absolute Gasteiger partial charge is 0.122 e. The lowest BCUT2D eigenvalue weighted by Crippen LogP contribution is -2.18. The van der Waals surface area contributed by atoms with E-state index in [2.05, 4.69) is 34.1 Å². The molecule has 0 spiro atoms. The van der Waals surface area contributed by atoms with Crippen LogP contribution in [0, 0.1) is 0 Å². The van der Waals surface area contributed by atoms with Crippen molar-refractivity contribution in [2.75, 3.05) is 20.3 Å². The molecule has 3 heteroatoms. The van der Waals surface area contributed by atoms with Crippen molar-refractivity contribution < 1.29 is 9.47 Å². The van der Waals surface area contributed by atoms with Crippen LogP contribution in [0.25, 0.3) is 0 Å². The molecule has 0 radical (unpaired) electrons. The Morgan fingerprint density at radius 2 is 1.94 bits per heavy atom. The quantitative estimate of drug-likeness (QED) is 0.601. The van der Waals surface area contributed by atoms with Crippen LogP contribution >= 0.6 is 15.9 Å². The van der Waals surface area contributed by atoms with E-state index < -0.39 is 0 Å². The van der Waals surface area contributed by atoms with Crippen LogP contribution in [0.5, 0.6) is 5.75 Å². The van der Waals surface area contributed by atoms with Gasteiger partial charge in [-0.1, -0.05) is 47.0 Å². The Morgan fingerprint density at radius 1 is 1.17 bits per heavy atom. The number of hydrogen-bond donors (Lipinski definition) is 0. The number of benzene rings is 1. The second kappa shape index (κ2) is 7.15. The highest BCUT2D eigenvalue weighted by Crippen LogP contribution is 2.40. The summed E-state index contributed by atoms with van der Waals surface area (Å²) in [7, 11) is 1.70. The molecule has 2 atom stereocenters. The molecule has 2 nitrogen and oxygen atoms in total. The Morgan fingerprint density at radius 3 is 2.72 bits per heavy atom. The molecule has 1 aromatic carbocycles. The third-order valence-corrected chi connectivity index (χ3v) is 4.64. The molecule has 2 unspecified atom stereocenters. The van der Waals surface area contributed by atoms with E-state index in [0.717, 1.165) is 5.75 Å². The molecule has 100 valence electrons. The molecule has 0 saturated heterocycles. The van der Waals surface area contributed by atoms with Gasteiger partial charge >= 0.3 is 0 Å². The van der Waals surface area contributed by atoms with Gasteiger partial charge in [-0.2, -0.15) is 0 Å². The summed E-state index contributed by atoms with van der Waals surface area (Å²) in [5, 5.41) is 0. The van der Waals surface area contributed by atoms with Gasteiger partial charge in [-0.25, -0.2) is 0 Å². The molecule has 0 aromatic heterocycles. The predicted octanol–water partition coefficient (Wildman–Crippen LogP) is 4.13. The van der Waals surface area contributed by atoms with Crippen molar-refractivity contribution in [3.05, 3.63) is 29.8 Å². The van der Waals surface area contributed by atoms with Crippen molar-refractivity contribution in [1.29, 1.82) is 0 Å². The van der Waals surface area contributed by atoms with Crippen molar-refractivity contribution in [1.82, 2.24) is 0 Å². The van der Waals surface area contributed by atoms with Crippen LogP contribution in [0.15, 0.2) is 24.3 Å². The molecule has 0 aliphatic heterocycles. The van der Waals surface area contributed by atoms with Gasteiger partial charge in [-0.05, 0) is 24.5 Å². The number of alkyl halides is 1. The van der Waals surface area contributed by atoms with Gasteiger partial charge in [0.2, 0.25) is 0 Å². The molecule has 2 rings (SSSR count). The van der Waals surface area contributed by atoms with Crippen LogP contribution in [0.2, 0.25) is 0 Å². The first-order valence-electron chi connectivity index (χ1n) is 6.67. The summed E-state index contributed by atoms with van der Waals surface area (Å²) in [5.41, 5.74) is 1.34. The number of halogens is 1. The highest BCUT2D eigenvalue weighted by atomic mass is 79.9. The van der Waals surface area contributed by atoms with Crippen LogP contribution in [-0.2, 0) is 4.74 Å². The largest absolute Gasteiger partial charge is 0.491 e. The third kappa shape index (κ3) is 3.48. The molecule has 0 N–H and O–H groups in total. The maximum atomic E-state index is 5.83. The Labute approximate surface area is 118 Å². The summed E-state index contributed by atoms with van der Waals surface area (Å²) in [6.45, 7) is 1.25. The van der Waals surface area contributed by atoms with E-state index in [1.807, 2.05) is 6.07 Å². The van der Waals surface area contributed by atoms with Crippen LogP contribution < -0.4 is 4.74 Å². The van der Waals surface area contributed by atoms with E-state index >= 15 is 0 Å². The first-order chi connectivity index (χ1) is 8.83. The standard InChI is InChI=1S/C15H21BrO2/c1-17-10-11-18-15-9-5-3-7-13(15)12-6-2-4-8-14(12)16/h3,5,7,9,12,14H,2,4,6,8,10-11H2,1H3. The number of hydrogen-bond acceptors (Lipinski definition) is 2. The summed E-state index contributed by atoms with van der Waals surface area (Å²) in [6.07, 6.45) is 5.16. The van der Waals surface area contributed by atoms with E-state index in [-0.39, 0.29) is 0 Å². The molecule has 1 aliphatic carbocycles. The highest BCUT2D eigenvalue weighted by Gasteiger charge is 2.26. The minimum absolute atomic E-state index is 0.581. The molecular formula is C15H21BrO2. The van der Waals surface area contributed by atoms with Gasteiger partial charge in [-0.3, -0.25) is 0 Å². The van der Waals surface area contributed by atoms with Crippen LogP contribution in [-0.4, -0.2) is 25.2 Å². The topological polar surface area (TPSA) is 18.5 Å². The van der Waals surface area contributed by atoms with Crippen molar-refractivity contribution in [2.24, 2.45) is 0 Å². The lowest BCUT2D eigenvalue weighted by molar-refractivity contribution is 0.145. The van der Waals surface area contributed by atoms with Crippen molar-refractivity contribution in [3.63, 3.8) is 0 Å². The van der Waals surface area contributed by atoms with Gasteiger partial charge in [-0.15, -0.1) is 0 Å². The minimum atomic E-state index is 0.581. The number of para-hydroxylation sites is 1. The van der Waals surface area contributed by atoms with E-state index in [4.69, 9.17) is 9.47 Å². The summed E-state index contributed by atoms with van der Waals surface area (Å²) in [4.78, 5) is 0.582. The molecule has 0 amide bonds. The average Bonchev–Trinajstić information content (AvgIpc) is 2.40. The molecule has 1 fully saturated rings. The lowest BCUT2D eigenvalue weighted by atomic mass is 9.83. The van der Waals surface area contributed by atoms with Crippen molar-refractivity contribution in [2.45, 2.75) is 36.4 Å². The fourth-order valence-electron chi connectivity index (χ4n) is 2.59. The normalized spacial score (nSPS) is 23.9. The lowest BCUT2D eigenvalue weighted by Gasteiger charge is -2.29. The van der Waals surface area contributed by atoms with E-state index in [1.54, 1.807) is 7.11 Å². The fourth-order valence-corrected chi connectivity index (χ4v) is 3.46. The molecule has 0 bridgehead atoms. The number of rotatable bonds is 5. The third-order valence-electron chi connectivity index (χ3n) is 3.55. The SMILES string of the molecule is COCCOc1ccccc1C1CCCCC1Br. The zero-order valence-electron chi connectivity index (χ0n) is 10.9. The maximum absolute atomic E-state index is 5.83. The number of ether oxygens (including phenoxy) is 2. The molecular weight excluding hydrogens is 292 g/mol. The second-order valence-electron chi connectivity index (χ2n) is 4.79. The fraction of sp³-hybridized carbons (Fsp3) is 0.600. The molecule has 1 aliphatic rings. The van der Waals surface area contributed by atoms with Gasteiger partial charge in [0, 0.05) is 17.9 Å². The highest BCUT2D eigenvalue weighted by molar-refractivity contribution is 9.09. The van der Waals surface area contributed by atoms with E-state index in [1.165, 1.54) is 31.2 Å². The molecule has 18 heavy (non-hydrogen) atoms. The van der Waals surface area contributed by atoms with Crippen LogP contribution in [0.3, 0.4) is 0 Å². The summed E-state index contributed by atoms with van der Waals surface area (Å²) >= 11 is 3.83. The Balaban J connectivity index is 2.10. The predicted molar refractivity (Wildman–Crippen MR) is 77.7 cm³/mol. The maximum Gasteiger partial charge on any atom is 0.122 e. The summed E-state index contributed by atoms with van der Waals surface area (Å²) in [6, 6.07) is 8.41. The van der Waals surface area contributed by atoms with Crippen molar-refractivity contribution in [3.8, 4) is 5.75 Å². The monoisotopic (exact) mass is 312 g/mol. The Hall–Kier alpha value is -0.540. The molecule has 1 saturated carbocycles. The van der Waals surface area contributed by atoms with Gasteiger partial charge in [0.1, 0.15) is 12.4 Å². The van der Waals surface area contributed by atoms with Gasteiger partial charge in [0.25, 0.3) is 0 Å². The average molecular weight is 313 g/mol. The first kappa shape index (κ1) is 13.9. The summed E-state index contributed by atoms with van der Waals surface area (Å²) < 4.78 is 10.9. The molecule has 0 heterocycles. The number of methoxy groups -OCH3 is 1. The van der Waals surface area contributed by atoms with Gasteiger partial charge in [0.05, 0.1) is 6.61 Å².